The van der Waals surface area contributed by atoms with E-state index in [4.69, 9.17) is 4.74 Å². The first-order valence-corrected chi connectivity index (χ1v) is 7.42. The first-order valence-electron chi connectivity index (χ1n) is 7.42. The summed E-state index contributed by atoms with van der Waals surface area (Å²) in [6.45, 7) is 5.07. The zero-order valence-corrected chi connectivity index (χ0v) is 12.6. The highest BCUT2D eigenvalue weighted by molar-refractivity contribution is 5.81. The first-order chi connectivity index (χ1) is 10.2. The Hall–Kier alpha value is -1.94. The van der Waals surface area contributed by atoms with Crippen LogP contribution in [0.1, 0.15) is 25.8 Å². The second kappa shape index (κ2) is 7.74. The topological polar surface area (TPSA) is 51.2 Å². The number of pyridine rings is 1. The molecule has 0 aliphatic carbocycles. The van der Waals surface area contributed by atoms with Gasteiger partial charge >= 0.3 is 5.97 Å². The highest BCUT2D eigenvalue weighted by Crippen LogP contribution is 2.16. The molecule has 2 rings (SSSR count). The summed E-state index contributed by atoms with van der Waals surface area (Å²) in [6, 6.07) is 10.4. The summed E-state index contributed by atoms with van der Waals surface area (Å²) in [6.07, 6.45) is 3.12. The van der Waals surface area contributed by atoms with Crippen molar-refractivity contribution in [1.29, 1.82) is 0 Å². The molecule has 0 saturated carbocycles. The van der Waals surface area contributed by atoms with Crippen LogP contribution in [0.4, 0.5) is 0 Å². The van der Waals surface area contributed by atoms with Crippen LogP contribution in [0, 0.1) is 0 Å². The summed E-state index contributed by atoms with van der Waals surface area (Å²) < 4.78 is 4.95. The summed E-state index contributed by atoms with van der Waals surface area (Å²) in [5.41, 5.74) is 2.28. The van der Waals surface area contributed by atoms with Gasteiger partial charge < -0.3 is 10.1 Å². The van der Waals surface area contributed by atoms with Gasteiger partial charge in [0.15, 0.2) is 0 Å². The smallest absolute Gasteiger partial charge is 0.307 e. The van der Waals surface area contributed by atoms with Crippen LogP contribution in [-0.4, -0.2) is 30.1 Å². The molecule has 21 heavy (non-hydrogen) atoms. The van der Waals surface area contributed by atoms with Gasteiger partial charge in [-0.25, -0.2) is 0 Å². The van der Waals surface area contributed by atoms with Gasteiger partial charge in [0.25, 0.3) is 0 Å². The van der Waals surface area contributed by atoms with Crippen molar-refractivity contribution in [3.8, 4) is 0 Å². The van der Waals surface area contributed by atoms with Crippen molar-refractivity contribution in [2.45, 2.75) is 32.7 Å². The minimum atomic E-state index is -0.149. The van der Waals surface area contributed by atoms with Gasteiger partial charge in [-0.2, -0.15) is 0 Å². The van der Waals surface area contributed by atoms with Crippen LogP contribution in [0.5, 0.6) is 0 Å². The molecule has 4 nitrogen and oxygen atoms in total. The lowest BCUT2D eigenvalue weighted by molar-refractivity contribution is -0.143. The number of nitrogens with zero attached hydrogens (tertiary/aromatic N) is 1. The van der Waals surface area contributed by atoms with Crippen molar-refractivity contribution in [2.75, 3.05) is 13.2 Å². The van der Waals surface area contributed by atoms with Crippen LogP contribution >= 0.6 is 0 Å². The number of esters is 1. The minimum Gasteiger partial charge on any atom is -0.466 e. The van der Waals surface area contributed by atoms with Crippen molar-refractivity contribution in [1.82, 2.24) is 10.3 Å². The van der Waals surface area contributed by atoms with E-state index in [2.05, 4.69) is 34.6 Å². The van der Waals surface area contributed by atoms with Gasteiger partial charge in [0.2, 0.25) is 0 Å². The SMILES string of the molecule is CCOC(=O)CC(C)NCCc1cccc2cccnc12. The second-order valence-electron chi connectivity index (χ2n) is 5.11. The maximum absolute atomic E-state index is 11.4. The lowest BCUT2D eigenvalue weighted by Crippen LogP contribution is -2.30. The Morgan fingerprint density at radius 1 is 1.33 bits per heavy atom. The van der Waals surface area contributed by atoms with E-state index in [0.29, 0.717) is 13.0 Å². The molecule has 0 amide bonds. The first kappa shape index (κ1) is 15.4. The van der Waals surface area contributed by atoms with Gasteiger partial charge in [-0.15, -0.1) is 0 Å². The zero-order valence-electron chi connectivity index (χ0n) is 12.6. The molecular weight excluding hydrogens is 264 g/mol. The van der Waals surface area contributed by atoms with Gasteiger partial charge in [-0.05, 0) is 38.4 Å². The number of hydrogen-bond acceptors (Lipinski definition) is 4. The molecule has 1 unspecified atom stereocenters. The molecule has 112 valence electrons. The Morgan fingerprint density at radius 2 is 2.14 bits per heavy atom. The van der Waals surface area contributed by atoms with Gasteiger partial charge in [-0.1, -0.05) is 24.3 Å². The van der Waals surface area contributed by atoms with E-state index in [-0.39, 0.29) is 12.0 Å². The molecule has 0 aliphatic rings. The number of rotatable bonds is 7. The molecule has 0 bridgehead atoms. The van der Waals surface area contributed by atoms with Crippen LogP contribution in [0.15, 0.2) is 36.5 Å². The van der Waals surface area contributed by atoms with E-state index in [1.807, 2.05) is 26.1 Å². The summed E-state index contributed by atoms with van der Waals surface area (Å²) in [5.74, 6) is -0.149. The van der Waals surface area contributed by atoms with E-state index >= 15 is 0 Å². The number of hydrogen-bond donors (Lipinski definition) is 1. The summed E-state index contributed by atoms with van der Waals surface area (Å²) in [7, 11) is 0. The fraction of sp³-hybridized carbons (Fsp3) is 0.412. The van der Waals surface area contributed by atoms with Crippen molar-refractivity contribution < 1.29 is 9.53 Å². The van der Waals surface area contributed by atoms with E-state index in [0.717, 1.165) is 23.9 Å². The predicted octanol–water partition coefficient (Wildman–Crippen LogP) is 2.71. The fourth-order valence-corrected chi connectivity index (χ4v) is 2.36. The largest absolute Gasteiger partial charge is 0.466 e. The molecule has 0 radical (unpaired) electrons. The summed E-state index contributed by atoms with van der Waals surface area (Å²) >= 11 is 0. The van der Waals surface area contributed by atoms with E-state index in [9.17, 15) is 4.79 Å². The van der Waals surface area contributed by atoms with Crippen LogP contribution in [0.3, 0.4) is 0 Å². The van der Waals surface area contributed by atoms with E-state index in [1.165, 1.54) is 5.56 Å². The van der Waals surface area contributed by atoms with Gasteiger partial charge in [0, 0.05) is 17.6 Å². The zero-order chi connectivity index (χ0) is 15.1. The monoisotopic (exact) mass is 286 g/mol. The second-order valence-corrected chi connectivity index (χ2v) is 5.11. The maximum atomic E-state index is 11.4. The van der Waals surface area contributed by atoms with Gasteiger partial charge in [0.05, 0.1) is 18.5 Å². The predicted molar refractivity (Wildman–Crippen MR) is 84.2 cm³/mol. The Balaban J connectivity index is 1.86. The number of nitrogens with one attached hydrogen (secondary N) is 1. The molecule has 1 heterocycles. The Labute approximate surface area is 125 Å². The number of carbonyl (C=O) groups excluding carboxylic acids is 1. The maximum Gasteiger partial charge on any atom is 0.307 e. The fourth-order valence-electron chi connectivity index (χ4n) is 2.36. The third-order valence-corrected chi connectivity index (χ3v) is 3.38. The highest BCUT2D eigenvalue weighted by atomic mass is 16.5. The molecule has 1 aromatic heterocycles. The van der Waals surface area contributed by atoms with Crippen molar-refractivity contribution >= 4 is 16.9 Å². The molecule has 1 N–H and O–H groups in total. The molecule has 4 heteroatoms. The molecule has 1 atom stereocenters. The number of aromatic nitrogens is 1. The van der Waals surface area contributed by atoms with Crippen LogP contribution in [-0.2, 0) is 16.0 Å². The Bertz CT molecular complexity index is 593. The normalized spacial score (nSPS) is 12.3. The third kappa shape index (κ3) is 4.53. The lowest BCUT2D eigenvalue weighted by atomic mass is 10.1. The Morgan fingerprint density at radius 3 is 2.95 bits per heavy atom. The number of ether oxygens (including phenoxy) is 1. The molecule has 0 fully saturated rings. The standard InChI is InChI=1S/C17H22N2O2/c1-3-21-16(20)12-13(2)18-11-9-15-7-4-6-14-8-5-10-19-17(14)15/h4-8,10,13,18H,3,9,11-12H2,1-2H3. The molecule has 0 spiro atoms. The number of carbonyl (C=O) groups is 1. The summed E-state index contributed by atoms with van der Waals surface area (Å²) in [5, 5.41) is 4.52. The molecule has 1 aromatic carbocycles. The summed E-state index contributed by atoms with van der Waals surface area (Å²) in [4.78, 5) is 15.8. The van der Waals surface area contributed by atoms with Crippen molar-refractivity contribution in [3.05, 3.63) is 42.1 Å². The number of fused-ring (bicyclic) bond motifs is 1. The number of para-hydroxylation sites is 1. The van der Waals surface area contributed by atoms with Crippen molar-refractivity contribution in [3.63, 3.8) is 0 Å². The third-order valence-electron chi connectivity index (χ3n) is 3.38. The average molecular weight is 286 g/mol. The van der Waals surface area contributed by atoms with Gasteiger partial charge in [0.1, 0.15) is 0 Å². The lowest BCUT2D eigenvalue weighted by Gasteiger charge is -2.13. The van der Waals surface area contributed by atoms with Gasteiger partial charge in [-0.3, -0.25) is 9.78 Å². The number of benzene rings is 1. The van der Waals surface area contributed by atoms with Crippen LogP contribution < -0.4 is 5.32 Å². The minimum absolute atomic E-state index is 0.118. The van der Waals surface area contributed by atoms with Crippen LogP contribution in [0.25, 0.3) is 10.9 Å². The molecule has 2 aromatic rings. The average Bonchev–Trinajstić information content (AvgIpc) is 2.47. The van der Waals surface area contributed by atoms with E-state index in [1.54, 1.807) is 0 Å². The van der Waals surface area contributed by atoms with E-state index < -0.39 is 0 Å². The Kier molecular flexibility index (Phi) is 5.69. The quantitative estimate of drug-likeness (QED) is 0.795. The molecule has 0 saturated heterocycles. The molecule has 0 aliphatic heterocycles. The molecular formula is C17H22N2O2. The van der Waals surface area contributed by atoms with Crippen LogP contribution in [0.2, 0.25) is 0 Å². The van der Waals surface area contributed by atoms with Crippen molar-refractivity contribution in [2.24, 2.45) is 0 Å². The highest BCUT2D eigenvalue weighted by Gasteiger charge is 2.09.